The summed E-state index contributed by atoms with van der Waals surface area (Å²) in [6, 6.07) is 11.4. The molecule has 0 aliphatic carbocycles. The Morgan fingerprint density at radius 1 is 1.09 bits per heavy atom. The van der Waals surface area contributed by atoms with Crippen molar-refractivity contribution < 1.29 is 22.4 Å². The quantitative estimate of drug-likeness (QED) is 0.485. The minimum absolute atomic E-state index is 0.0820. The number of halogens is 4. The molecule has 1 fully saturated rings. The molecule has 11 heteroatoms. The second-order valence-corrected chi connectivity index (χ2v) is 8.80. The van der Waals surface area contributed by atoms with E-state index in [1.807, 2.05) is 4.90 Å². The van der Waals surface area contributed by atoms with E-state index in [-0.39, 0.29) is 18.3 Å². The molecule has 1 aromatic heterocycles. The molecule has 0 bridgehead atoms. The Balaban J connectivity index is 1.29. The number of hydrogen-bond donors (Lipinski definition) is 0. The van der Waals surface area contributed by atoms with Gasteiger partial charge in [-0.1, -0.05) is 18.2 Å². The van der Waals surface area contributed by atoms with E-state index >= 15 is 0 Å². The first-order chi connectivity index (χ1) is 16.2. The summed E-state index contributed by atoms with van der Waals surface area (Å²) in [4.78, 5) is 22.5. The molecule has 180 valence electrons. The van der Waals surface area contributed by atoms with Gasteiger partial charge in [-0.25, -0.2) is 9.37 Å². The average Bonchev–Trinajstić information content (AvgIpc) is 3.29. The lowest BCUT2D eigenvalue weighted by Crippen LogP contribution is -2.51. The smallest absolute Gasteiger partial charge is 0.368 e. The van der Waals surface area contributed by atoms with Gasteiger partial charge in [0.1, 0.15) is 11.6 Å². The highest BCUT2D eigenvalue weighted by Crippen LogP contribution is 2.32. The van der Waals surface area contributed by atoms with Crippen molar-refractivity contribution in [3.8, 4) is 0 Å². The van der Waals surface area contributed by atoms with Gasteiger partial charge in [0.05, 0.1) is 12.1 Å². The minimum Gasteiger partial charge on any atom is -0.368 e. The lowest BCUT2D eigenvalue weighted by Gasteiger charge is -2.36. The number of anilines is 2. The number of carbonyl (C=O) groups excluding carboxylic acids is 1. The van der Waals surface area contributed by atoms with Crippen LogP contribution in [-0.4, -0.2) is 59.9 Å². The van der Waals surface area contributed by atoms with Gasteiger partial charge in [-0.15, -0.1) is 0 Å². The highest BCUT2D eigenvalue weighted by molar-refractivity contribution is 7.09. The standard InChI is InChI=1S/C23H23F4N5OS/c1-30(22-28-20(29-34-22)13-16-5-7-18(24)8-6-16)15-21(33)32-11-9-31(10-12-32)19-4-2-3-17(14-19)23(25,26)27/h2-8,14H,9-13,15H2,1H3. The molecule has 1 saturated heterocycles. The van der Waals surface area contributed by atoms with Gasteiger partial charge in [-0.3, -0.25) is 4.79 Å². The number of hydrogen-bond acceptors (Lipinski definition) is 6. The van der Waals surface area contributed by atoms with Crippen LogP contribution in [0, 0.1) is 5.82 Å². The lowest BCUT2D eigenvalue weighted by molar-refractivity contribution is -0.137. The minimum atomic E-state index is -4.39. The molecule has 1 amide bonds. The van der Waals surface area contributed by atoms with Gasteiger partial charge in [0.2, 0.25) is 11.0 Å². The van der Waals surface area contributed by atoms with Crippen LogP contribution < -0.4 is 9.80 Å². The first-order valence-electron chi connectivity index (χ1n) is 10.7. The van der Waals surface area contributed by atoms with Gasteiger partial charge >= 0.3 is 6.18 Å². The Bertz CT molecular complexity index is 1130. The van der Waals surface area contributed by atoms with Gasteiger partial charge in [0, 0.05) is 56.9 Å². The number of amides is 1. The zero-order chi connectivity index (χ0) is 24.3. The molecule has 0 radical (unpaired) electrons. The van der Waals surface area contributed by atoms with Gasteiger partial charge in [-0.05, 0) is 35.9 Å². The Labute approximate surface area is 198 Å². The van der Waals surface area contributed by atoms with Crippen LogP contribution in [-0.2, 0) is 17.4 Å². The fraction of sp³-hybridized carbons (Fsp3) is 0.348. The number of carbonyl (C=O) groups is 1. The summed E-state index contributed by atoms with van der Waals surface area (Å²) >= 11 is 1.19. The molecule has 34 heavy (non-hydrogen) atoms. The van der Waals surface area contributed by atoms with Crippen molar-refractivity contribution in [1.82, 2.24) is 14.3 Å². The van der Waals surface area contributed by atoms with Gasteiger partial charge < -0.3 is 14.7 Å². The molecule has 6 nitrogen and oxygen atoms in total. The van der Waals surface area contributed by atoms with Crippen molar-refractivity contribution in [1.29, 1.82) is 0 Å². The number of alkyl halides is 3. The van der Waals surface area contributed by atoms with Crippen molar-refractivity contribution in [3.63, 3.8) is 0 Å². The third kappa shape index (κ3) is 5.82. The third-order valence-corrected chi connectivity index (χ3v) is 6.47. The number of benzene rings is 2. The van der Waals surface area contributed by atoms with Gasteiger partial charge in [-0.2, -0.15) is 17.5 Å². The second kappa shape index (κ2) is 9.96. The maximum Gasteiger partial charge on any atom is 0.416 e. The Kier molecular flexibility index (Phi) is 7.01. The predicted octanol–water partition coefficient (Wildman–Crippen LogP) is 4.07. The molecular weight excluding hydrogens is 470 g/mol. The summed E-state index contributed by atoms with van der Waals surface area (Å²) in [7, 11) is 1.76. The molecule has 3 aromatic rings. The van der Waals surface area contributed by atoms with Crippen LogP contribution in [0.5, 0.6) is 0 Å². The van der Waals surface area contributed by atoms with Crippen molar-refractivity contribution in [2.75, 3.05) is 49.6 Å². The number of nitrogens with zero attached hydrogens (tertiary/aromatic N) is 5. The van der Waals surface area contributed by atoms with Crippen LogP contribution in [0.15, 0.2) is 48.5 Å². The molecule has 0 spiro atoms. The molecule has 0 saturated carbocycles. The van der Waals surface area contributed by atoms with Crippen LogP contribution in [0.1, 0.15) is 17.0 Å². The summed E-state index contributed by atoms with van der Waals surface area (Å²) in [6.07, 6.45) is -3.92. The maximum atomic E-state index is 13.1. The monoisotopic (exact) mass is 493 g/mol. The zero-order valence-corrected chi connectivity index (χ0v) is 19.2. The summed E-state index contributed by atoms with van der Waals surface area (Å²) < 4.78 is 56.4. The Morgan fingerprint density at radius 2 is 1.79 bits per heavy atom. The van der Waals surface area contributed by atoms with Crippen LogP contribution in [0.2, 0.25) is 0 Å². The second-order valence-electron chi connectivity index (χ2n) is 8.07. The third-order valence-electron chi connectivity index (χ3n) is 5.60. The number of rotatable bonds is 6. The van der Waals surface area contributed by atoms with Crippen LogP contribution >= 0.6 is 11.5 Å². The summed E-state index contributed by atoms with van der Waals surface area (Å²) in [5.41, 5.74) is 0.714. The molecule has 2 aromatic carbocycles. The molecule has 0 atom stereocenters. The van der Waals surface area contributed by atoms with E-state index in [0.29, 0.717) is 49.2 Å². The number of piperazine rings is 1. The highest BCUT2D eigenvalue weighted by atomic mass is 32.1. The van der Waals surface area contributed by atoms with E-state index in [0.717, 1.165) is 17.7 Å². The first kappa shape index (κ1) is 23.9. The molecule has 4 rings (SSSR count). The van der Waals surface area contributed by atoms with Crippen molar-refractivity contribution in [3.05, 3.63) is 71.3 Å². The van der Waals surface area contributed by atoms with Crippen molar-refractivity contribution in [2.45, 2.75) is 12.6 Å². The molecule has 2 heterocycles. The largest absolute Gasteiger partial charge is 0.416 e. The maximum absolute atomic E-state index is 13.1. The summed E-state index contributed by atoms with van der Waals surface area (Å²) in [5.74, 6) is 0.215. The van der Waals surface area contributed by atoms with Gasteiger partial charge in [0.15, 0.2) is 0 Å². The predicted molar refractivity (Wildman–Crippen MR) is 123 cm³/mol. The molecular formula is C23H23F4N5OS. The normalized spacial score (nSPS) is 14.4. The van der Waals surface area contributed by atoms with Crippen LogP contribution in [0.4, 0.5) is 28.4 Å². The fourth-order valence-corrected chi connectivity index (χ4v) is 4.36. The van der Waals surface area contributed by atoms with Gasteiger partial charge in [0.25, 0.3) is 0 Å². The van der Waals surface area contributed by atoms with Crippen molar-refractivity contribution in [2.24, 2.45) is 0 Å². The zero-order valence-electron chi connectivity index (χ0n) is 18.4. The average molecular weight is 494 g/mol. The van der Waals surface area contributed by atoms with Crippen molar-refractivity contribution >= 4 is 28.3 Å². The van der Waals surface area contributed by atoms with E-state index in [1.54, 1.807) is 35.0 Å². The topological polar surface area (TPSA) is 52.6 Å². The Morgan fingerprint density at radius 3 is 2.47 bits per heavy atom. The highest BCUT2D eigenvalue weighted by Gasteiger charge is 2.31. The van der Waals surface area contributed by atoms with Crippen LogP contribution in [0.3, 0.4) is 0 Å². The van der Waals surface area contributed by atoms with E-state index in [2.05, 4.69) is 9.36 Å². The molecule has 1 aliphatic heterocycles. The van der Waals surface area contributed by atoms with E-state index < -0.39 is 11.7 Å². The van der Waals surface area contributed by atoms with E-state index in [4.69, 9.17) is 0 Å². The lowest BCUT2D eigenvalue weighted by atomic mass is 10.1. The van der Waals surface area contributed by atoms with Crippen LogP contribution in [0.25, 0.3) is 0 Å². The molecule has 1 aliphatic rings. The van der Waals surface area contributed by atoms with E-state index in [1.165, 1.54) is 29.7 Å². The first-order valence-corrected chi connectivity index (χ1v) is 11.4. The number of likely N-dealkylation sites (N-methyl/N-ethyl adjacent to an activating group) is 1. The summed E-state index contributed by atoms with van der Waals surface area (Å²) in [6.45, 7) is 1.88. The molecule has 0 N–H and O–H groups in total. The number of aromatic nitrogens is 2. The SMILES string of the molecule is CN(CC(=O)N1CCN(c2cccc(C(F)(F)F)c2)CC1)c1nc(Cc2ccc(F)cc2)ns1. The summed E-state index contributed by atoms with van der Waals surface area (Å²) in [5, 5.41) is 0.605. The Hall–Kier alpha value is -3.21. The van der Waals surface area contributed by atoms with E-state index in [9.17, 15) is 22.4 Å². The molecule has 0 unspecified atom stereocenters. The fourth-order valence-electron chi connectivity index (χ4n) is 3.72.